The highest BCUT2D eigenvalue weighted by Crippen LogP contribution is 2.29. The number of hydrogen-bond acceptors (Lipinski definition) is 5. The van der Waals surface area contributed by atoms with Gasteiger partial charge in [-0.3, -0.25) is 4.79 Å². The molecular weight excluding hydrogens is 276 g/mol. The first-order valence-corrected chi connectivity index (χ1v) is 7.01. The predicted molar refractivity (Wildman–Crippen MR) is 78.6 cm³/mol. The first-order chi connectivity index (χ1) is 9.72. The van der Waals surface area contributed by atoms with Gasteiger partial charge in [0.2, 0.25) is 5.91 Å². The number of methoxy groups -OCH3 is 2. The van der Waals surface area contributed by atoms with Crippen molar-refractivity contribution in [2.24, 2.45) is 0 Å². The molecule has 6 heteroatoms. The number of benzene rings is 1. The number of aromatic nitrogens is 1. The van der Waals surface area contributed by atoms with Crippen LogP contribution in [0.15, 0.2) is 29.8 Å². The Morgan fingerprint density at radius 2 is 2.10 bits per heavy atom. The molecule has 0 aliphatic rings. The molecule has 0 aliphatic heterocycles. The number of rotatable bonds is 6. The van der Waals surface area contributed by atoms with Gasteiger partial charge in [0.1, 0.15) is 0 Å². The van der Waals surface area contributed by atoms with Crippen LogP contribution in [0.4, 0.5) is 5.69 Å². The minimum absolute atomic E-state index is 0.0487. The zero-order valence-corrected chi connectivity index (χ0v) is 12.2. The van der Waals surface area contributed by atoms with Crippen LogP contribution in [-0.4, -0.2) is 25.1 Å². The number of amides is 1. The summed E-state index contributed by atoms with van der Waals surface area (Å²) in [7, 11) is 3.13. The molecule has 1 aromatic carbocycles. The van der Waals surface area contributed by atoms with E-state index >= 15 is 0 Å². The number of aryl methyl sites for hydroxylation is 1. The standard InChI is InChI=1S/C14H16N2O3S/c1-18-11-4-3-10(9-12(11)19-2)16-13(17)5-6-14-15-7-8-20-14/h3-4,7-9H,5-6H2,1-2H3,(H,16,17). The number of anilines is 1. The lowest BCUT2D eigenvalue weighted by molar-refractivity contribution is -0.116. The average molecular weight is 292 g/mol. The van der Waals surface area contributed by atoms with Crippen molar-refractivity contribution in [3.05, 3.63) is 34.8 Å². The fourth-order valence-corrected chi connectivity index (χ4v) is 2.35. The summed E-state index contributed by atoms with van der Waals surface area (Å²) in [5.74, 6) is 1.17. The van der Waals surface area contributed by atoms with E-state index in [9.17, 15) is 4.79 Å². The first-order valence-electron chi connectivity index (χ1n) is 6.13. The molecule has 0 fully saturated rings. The van der Waals surface area contributed by atoms with E-state index in [2.05, 4.69) is 10.3 Å². The molecule has 20 heavy (non-hydrogen) atoms. The molecule has 2 aromatic rings. The van der Waals surface area contributed by atoms with Crippen molar-refractivity contribution in [2.45, 2.75) is 12.8 Å². The molecule has 106 valence electrons. The summed E-state index contributed by atoms with van der Waals surface area (Å²) in [6.45, 7) is 0. The monoisotopic (exact) mass is 292 g/mol. The van der Waals surface area contributed by atoms with Gasteiger partial charge in [-0.2, -0.15) is 0 Å². The van der Waals surface area contributed by atoms with Crippen LogP contribution in [0.5, 0.6) is 11.5 Å². The topological polar surface area (TPSA) is 60.5 Å². The number of carbonyl (C=O) groups excluding carboxylic acids is 1. The van der Waals surface area contributed by atoms with E-state index in [1.807, 2.05) is 5.38 Å². The Hall–Kier alpha value is -2.08. The summed E-state index contributed by atoms with van der Waals surface area (Å²) in [5.41, 5.74) is 0.687. The van der Waals surface area contributed by atoms with Gasteiger partial charge >= 0.3 is 0 Å². The second-order valence-corrected chi connectivity index (χ2v) is 5.02. The number of nitrogens with zero attached hydrogens (tertiary/aromatic N) is 1. The minimum Gasteiger partial charge on any atom is -0.493 e. The van der Waals surface area contributed by atoms with E-state index in [0.29, 0.717) is 30.0 Å². The summed E-state index contributed by atoms with van der Waals surface area (Å²) in [6.07, 6.45) is 2.80. The molecule has 2 rings (SSSR count). The van der Waals surface area contributed by atoms with Gasteiger partial charge in [0.15, 0.2) is 11.5 Å². The van der Waals surface area contributed by atoms with Crippen molar-refractivity contribution < 1.29 is 14.3 Å². The Kier molecular flexibility index (Phi) is 4.95. The van der Waals surface area contributed by atoms with Gasteiger partial charge in [-0.25, -0.2) is 4.98 Å². The second kappa shape index (κ2) is 6.91. The Labute approximate surface area is 121 Å². The SMILES string of the molecule is COc1ccc(NC(=O)CCc2nccs2)cc1OC. The van der Waals surface area contributed by atoms with Crippen molar-refractivity contribution in [3.8, 4) is 11.5 Å². The number of hydrogen-bond donors (Lipinski definition) is 1. The van der Waals surface area contributed by atoms with Gasteiger partial charge in [0.05, 0.1) is 19.2 Å². The van der Waals surface area contributed by atoms with Crippen LogP contribution in [0, 0.1) is 0 Å². The Morgan fingerprint density at radius 3 is 2.75 bits per heavy atom. The Balaban J connectivity index is 1.93. The maximum atomic E-state index is 11.9. The van der Waals surface area contributed by atoms with Crippen molar-refractivity contribution in [1.82, 2.24) is 4.98 Å². The van der Waals surface area contributed by atoms with E-state index in [1.165, 1.54) is 0 Å². The molecule has 1 amide bonds. The molecule has 0 spiro atoms. The molecule has 1 N–H and O–H groups in total. The van der Waals surface area contributed by atoms with Gasteiger partial charge in [0.25, 0.3) is 0 Å². The van der Waals surface area contributed by atoms with Gasteiger partial charge in [-0.05, 0) is 12.1 Å². The van der Waals surface area contributed by atoms with Crippen LogP contribution in [0.25, 0.3) is 0 Å². The highest BCUT2D eigenvalue weighted by Gasteiger charge is 2.08. The Morgan fingerprint density at radius 1 is 1.30 bits per heavy atom. The maximum absolute atomic E-state index is 11.9. The van der Waals surface area contributed by atoms with Gasteiger partial charge in [-0.15, -0.1) is 11.3 Å². The zero-order chi connectivity index (χ0) is 14.4. The van der Waals surface area contributed by atoms with Crippen molar-refractivity contribution >= 4 is 22.9 Å². The van der Waals surface area contributed by atoms with Crippen LogP contribution in [-0.2, 0) is 11.2 Å². The summed E-state index contributed by atoms with van der Waals surface area (Å²) >= 11 is 1.55. The van der Waals surface area contributed by atoms with Crippen LogP contribution >= 0.6 is 11.3 Å². The lowest BCUT2D eigenvalue weighted by Gasteiger charge is -2.10. The molecule has 0 saturated heterocycles. The lowest BCUT2D eigenvalue weighted by Crippen LogP contribution is -2.12. The van der Waals surface area contributed by atoms with Gasteiger partial charge in [-0.1, -0.05) is 0 Å². The van der Waals surface area contributed by atoms with Gasteiger partial charge in [0, 0.05) is 36.2 Å². The summed E-state index contributed by atoms with van der Waals surface area (Å²) in [5, 5.41) is 5.70. The van der Waals surface area contributed by atoms with Crippen molar-refractivity contribution in [3.63, 3.8) is 0 Å². The smallest absolute Gasteiger partial charge is 0.224 e. The molecule has 0 bridgehead atoms. The fourth-order valence-electron chi connectivity index (χ4n) is 1.73. The quantitative estimate of drug-likeness (QED) is 0.889. The largest absolute Gasteiger partial charge is 0.493 e. The summed E-state index contributed by atoms with van der Waals surface area (Å²) in [4.78, 5) is 16.0. The normalized spacial score (nSPS) is 10.1. The van der Waals surface area contributed by atoms with Crippen LogP contribution in [0.1, 0.15) is 11.4 Å². The molecule has 0 saturated carbocycles. The molecular formula is C14H16N2O3S. The van der Waals surface area contributed by atoms with Crippen molar-refractivity contribution in [2.75, 3.05) is 19.5 Å². The van der Waals surface area contributed by atoms with Gasteiger partial charge < -0.3 is 14.8 Å². The highest BCUT2D eigenvalue weighted by molar-refractivity contribution is 7.09. The average Bonchev–Trinajstić information content (AvgIpc) is 2.98. The van der Waals surface area contributed by atoms with Crippen LogP contribution in [0.2, 0.25) is 0 Å². The van der Waals surface area contributed by atoms with E-state index < -0.39 is 0 Å². The van der Waals surface area contributed by atoms with Crippen LogP contribution in [0.3, 0.4) is 0 Å². The van der Waals surface area contributed by atoms with Crippen molar-refractivity contribution in [1.29, 1.82) is 0 Å². The molecule has 0 radical (unpaired) electrons. The lowest BCUT2D eigenvalue weighted by atomic mass is 10.2. The third-order valence-corrected chi connectivity index (χ3v) is 3.56. The fraction of sp³-hybridized carbons (Fsp3) is 0.286. The maximum Gasteiger partial charge on any atom is 0.224 e. The summed E-state index contributed by atoms with van der Waals surface area (Å²) in [6, 6.07) is 5.28. The molecule has 1 heterocycles. The predicted octanol–water partition coefficient (Wildman–Crippen LogP) is 2.73. The minimum atomic E-state index is -0.0487. The van der Waals surface area contributed by atoms with E-state index in [1.54, 1.807) is 50.0 Å². The summed E-state index contributed by atoms with van der Waals surface area (Å²) < 4.78 is 10.3. The number of thiazole rings is 1. The number of nitrogens with one attached hydrogen (secondary N) is 1. The van der Waals surface area contributed by atoms with E-state index in [4.69, 9.17) is 9.47 Å². The third kappa shape index (κ3) is 3.71. The highest BCUT2D eigenvalue weighted by atomic mass is 32.1. The molecule has 5 nitrogen and oxygen atoms in total. The third-order valence-electron chi connectivity index (χ3n) is 2.72. The number of carbonyl (C=O) groups is 1. The first kappa shape index (κ1) is 14.3. The second-order valence-electron chi connectivity index (χ2n) is 4.04. The van der Waals surface area contributed by atoms with Crippen LogP contribution < -0.4 is 14.8 Å². The molecule has 0 unspecified atom stereocenters. The molecule has 0 aliphatic carbocycles. The zero-order valence-electron chi connectivity index (χ0n) is 11.4. The molecule has 1 aromatic heterocycles. The molecule has 0 atom stereocenters. The Bertz CT molecular complexity index is 570. The van der Waals surface area contributed by atoms with E-state index in [0.717, 1.165) is 5.01 Å². The van der Waals surface area contributed by atoms with E-state index in [-0.39, 0.29) is 5.91 Å². The number of ether oxygens (including phenoxy) is 2.